The Morgan fingerprint density at radius 1 is 1.33 bits per heavy atom. The average molecular weight is 389 g/mol. The normalized spacial score (nSPS) is 16.9. The Balaban J connectivity index is 1.64. The number of aromatic nitrogens is 2. The maximum absolute atomic E-state index is 13.2. The van der Waals surface area contributed by atoms with Gasteiger partial charge in [-0.2, -0.15) is 5.10 Å². The van der Waals surface area contributed by atoms with Crippen molar-refractivity contribution in [2.45, 2.75) is 30.7 Å². The molecule has 2 aliphatic rings. The number of nitrogens with zero attached hydrogens (tertiary/aromatic N) is 3. The lowest BCUT2D eigenvalue weighted by Gasteiger charge is -2.28. The van der Waals surface area contributed by atoms with E-state index in [0.717, 1.165) is 36.8 Å². The van der Waals surface area contributed by atoms with E-state index < -0.39 is 9.84 Å². The van der Waals surface area contributed by atoms with Gasteiger partial charge in [0.2, 0.25) is 0 Å². The molecule has 0 spiro atoms. The molecule has 8 heteroatoms. The quantitative estimate of drug-likeness (QED) is 0.779. The third-order valence-electron chi connectivity index (χ3n) is 5.20. The monoisotopic (exact) mass is 389 g/mol. The minimum absolute atomic E-state index is 0.128. The molecule has 7 nitrogen and oxygen atoms in total. The second-order valence-electron chi connectivity index (χ2n) is 7.40. The number of carbonyl (C=O) groups excluding carboxylic acids is 1. The van der Waals surface area contributed by atoms with Crippen molar-refractivity contribution < 1.29 is 17.9 Å². The van der Waals surface area contributed by atoms with Crippen LogP contribution in [0, 0.1) is 5.92 Å². The fourth-order valence-corrected chi connectivity index (χ4v) is 4.00. The fourth-order valence-electron chi connectivity index (χ4n) is 3.36. The molecule has 1 aromatic carbocycles. The van der Waals surface area contributed by atoms with Crippen molar-refractivity contribution in [3.63, 3.8) is 0 Å². The van der Waals surface area contributed by atoms with Crippen LogP contribution in [-0.2, 0) is 29.9 Å². The number of carbonyl (C=O) groups is 1. The van der Waals surface area contributed by atoms with Crippen molar-refractivity contribution in [3.8, 4) is 5.75 Å². The molecular formula is C19H23N3O4S. The molecule has 1 aliphatic heterocycles. The largest absolute Gasteiger partial charge is 0.492 e. The van der Waals surface area contributed by atoms with Gasteiger partial charge < -0.3 is 9.64 Å². The summed E-state index contributed by atoms with van der Waals surface area (Å²) in [7, 11) is -1.51. The van der Waals surface area contributed by atoms with Crippen molar-refractivity contribution in [2.75, 3.05) is 19.4 Å². The van der Waals surface area contributed by atoms with Crippen LogP contribution in [0.5, 0.6) is 5.75 Å². The van der Waals surface area contributed by atoms with Crippen molar-refractivity contribution in [3.05, 3.63) is 41.2 Å². The first-order chi connectivity index (χ1) is 12.8. The van der Waals surface area contributed by atoms with Gasteiger partial charge in [0.1, 0.15) is 5.75 Å². The van der Waals surface area contributed by atoms with Crippen molar-refractivity contribution >= 4 is 15.7 Å². The van der Waals surface area contributed by atoms with Crippen LogP contribution < -0.4 is 4.74 Å². The van der Waals surface area contributed by atoms with Crippen LogP contribution in [0.2, 0.25) is 0 Å². The minimum Gasteiger partial charge on any atom is -0.492 e. The van der Waals surface area contributed by atoms with Gasteiger partial charge in [-0.3, -0.25) is 9.48 Å². The summed E-state index contributed by atoms with van der Waals surface area (Å²) in [6, 6.07) is 4.55. The highest BCUT2D eigenvalue weighted by atomic mass is 32.2. The SMILES string of the molecule is Cn1ncc2c1CCN(C(=O)c1cc(S(C)(=O)=O)ccc1OCC1CC1)C2. The Labute approximate surface area is 158 Å². The van der Waals surface area contributed by atoms with Gasteiger partial charge in [0.25, 0.3) is 5.91 Å². The number of ether oxygens (including phenoxy) is 1. The zero-order chi connectivity index (χ0) is 19.2. The lowest BCUT2D eigenvalue weighted by atomic mass is 10.1. The summed E-state index contributed by atoms with van der Waals surface area (Å²) in [5.41, 5.74) is 2.47. The van der Waals surface area contributed by atoms with E-state index in [9.17, 15) is 13.2 Å². The molecule has 0 saturated heterocycles. The van der Waals surface area contributed by atoms with Gasteiger partial charge in [-0.25, -0.2) is 8.42 Å². The molecular weight excluding hydrogens is 366 g/mol. The Morgan fingerprint density at radius 3 is 2.81 bits per heavy atom. The molecule has 1 fully saturated rings. The standard InChI is InChI=1S/C19H23N3O4S/c1-21-17-7-8-22(11-14(17)10-20-21)19(23)16-9-15(27(2,24)25)5-6-18(16)26-12-13-3-4-13/h5-6,9-10,13H,3-4,7-8,11-12H2,1-2H3. The van der Waals surface area contributed by atoms with Crippen LogP contribution in [-0.4, -0.2) is 48.4 Å². The van der Waals surface area contributed by atoms with Gasteiger partial charge in [0.05, 0.1) is 23.3 Å². The molecule has 27 heavy (non-hydrogen) atoms. The third-order valence-corrected chi connectivity index (χ3v) is 6.31. The summed E-state index contributed by atoms with van der Waals surface area (Å²) in [4.78, 5) is 15.1. The van der Waals surface area contributed by atoms with Gasteiger partial charge in [-0.1, -0.05) is 0 Å². The minimum atomic E-state index is -3.41. The lowest BCUT2D eigenvalue weighted by molar-refractivity contribution is 0.0728. The second-order valence-corrected chi connectivity index (χ2v) is 9.42. The number of benzene rings is 1. The van der Waals surface area contributed by atoms with Crippen molar-refractivity contribution in [1.82, 2.24) is 14.7 Å². The Bertz CT molecular complexity index is 992. The van der Waals surface area contributed by atoms with Gasteiger partial charge in [-0.15, -0.1) is 0 Å². The van der Waals surface area contributed by atoms with E-state index in [1.165, 1.54) is 12.1 Å². The molecule has 144 valence electrons. The summed E-state index contributed by atoms with van der Waals surface area (Å²) in [6.07, 6.45) is 5.93. The highest BCUT2D eigenvalue weighted by Gasteiger charge is 2.28. The van der Waals surface area contributed by atoms with E-state index in [1.807, 2.05) is 11.7 Å². The van der Waals surface area contributed by atoms with E-state index in [-0.39, 0.29) is 10.8 Å². The van der Waals surface area contributed by atoms with Gasteiger partial charge >= 0.3 is 0 Å². The Morgan fingerprint density at radius 2 is 2.11 bits per heavy atom. The first-order valence-corrected chi connectivity index (χ1v) is 11.0. The number of aryl methyl sites for hydroxylation is 1. The molecule has 0 unspecified atom stereocenters. The molecule has 1 amide bonds. The predicted molar refractivity (Wildman–Crippen MR) is 99.4 cm³/mol. The zero-order valence-corrected chi connectivity index (χ0v) is 16.3. The van der Waals surface area contributed by atoms with Gasteiger partial charge in [0, 0.05) is 44.1 Å². The zero-order valence-electron chi connectivity index (χ0n) is 15.5. The van der Waals surface area contributed by atoms with Gasteiger partial charge in [-0.05, 0) is 37.0 Å². The van der Waals surface area contributed by atoms with Gasteiger partial charge in [0.15, 0.2) is 9.84 Å². The molecule has 0 radical (unpaired) electrons. The summed E-state index contributed by atoms with van der Waals surface area (Å²) >= 11 is 0. The first kappa shape index (κ1) is 18.0. The maximum atomic E-state index is 13.2. The number of hydrogen-bond acceptors (Lipinski definition) is 5. The molecule has 2 heterocycles. The lowest BCUT2D eigenvalue weighted by Crippen LogP contribution is -2.36. The van der Waals surface area contributed by atoms with E-state index >= 15 is 0 Å². The van der Waals surface area contributed by atoms with Crippen LogP contribution in [0.3, 0.4) is 0 Å². The summed E-state index contributed by atoms with van der Waals surface area (Å²) in [5.74, 6) is 0.785. The summed E-state index contributed by atoms with van der Waals surface area (Å²) < 4.78 is 31.6. The maximum Gasteiger partial charge on any atom is 0.257 e. The van der Waals surface area contributed by atoms with E-state index in [2.05, 4.69) is 5.10 Å². The van der Waals surface area contributed by atoms with Crippen LogP contribution >= 0.6 is 0 Å². The second kappa shape index (κ2) is 6.67. The van der Waals surface area contributed by atoms with Crippen LogP contribution in [0.25, 0.3) is 0 Å². The third kappa shape index (κ3) is 3.71. The molecule has 1 aliphatic carbocycles. The van der Waals surface area contributed by atoms with Crippen LogP contribution in [0.15, 0.2) is 29.3 Å². The Hall–Kier alpha value is -2.35. The number of sulfone groups is 1. The highest BCUT2D eigenvalue weighted by molar-refractivity contribution is 7.90. The summed E-state index contributed by atoms with van der Waals surface area (Å²) in [6.45, 7) is 1.59. The van der Waals surface area contributed by atoms with Crippen molar-refractivity contribution in [1.29, 1.82) is 0 Å². The molecule has 0 bridgehead atoms. The topological polar surface area (TPSA) is 81.5 Å². The number of hydrogen-bond donors (Lipinski definition) is 0. The molecule has 1 aromatic heterocycles. The Kier molecular flexibility index (Phi) is 4.46. The fraction of sp³-hybridized carbons (Fsp3) is 0.474. The first-order valence-electron chi connectivity index (χ1n) is 9.09. The molecule has 0 atom stereocenters. The smallest absolute Gasteiger partial charge is 0.257 e. The molecule has 0 N–H and O–H groups in total. The molecule has 4 rings (SSSR count). The highest BCUT2D eigenvalue weighted by Crippen LogP contribution is 2.32. The van der Waals surface area contributed by atoms with E-state index in [1.54, 1.807) is 17.2 Å². The average Bonchev–Trinajstić information content (AvgIpc) is 3.40. The molecule has 2 aromatic rings. The van der Waals surface area contributed by atoms with Crippen LogP contribution in [0.4, 0.5) is 0 Å². The van der Waals surface area contributed by atoms with Crippen LogP contribution in [0.1, 0.15) is 34.5 Å². The number of fused-ring (bicyclic) bond motifs is 1. The van der Waals surface area contributed by atoms with E-state index in [4.69, 9.17) is 4.74 Å². The number of amides is 1. The van der Waals surface area contributed by atoms with Crippen molar-refractivity contribution in [2.24, 2.45) is 13.0 Å². The summed E-state index contributed by atoms with van der Waals surface area (Å²) in [5, 5.41) is 4.26. The number of rotatable bonds is 5. The molecule has 1 saturated carbocycles. The predicted octanol–water partition coefficient (Wildman–Crippen LogP) is 1.81. The van der Waals surface area contributed by atoms with E-state index in [0.29, 0.717) is 36.9 Å².